The topological polar surface area (TPSA) is 68.7 Å². The van der Waals surface area contributed by atoms with E-state index >= 15 is 0 Å². The number of phenolic OH excluding ortho intramolecular Hbond substituents is 1. The number of methoxy groups -OCH3 is 1. The number of thiazole rings is 1. The summed E-state index contributed by atoms with van der Waals surface area (Å²) in [5.41, 5.74) is 1.74. The fourth-order valence-corrected chi connectivity index (χ4v) is 2.92. The number of rotatable bonds is 5. The molecule has 0 fully saturated rings. The van der Waals surface area contributed by atoms with Crippen molar-refractivity contribution in [2.24, 2.45) is 0 Å². The number of nitrogens with zero attached hydrogens (tertiary/aromatic N) is 1. The molecule has 0 saturated carbocycles. The van der Waals surface area contributed by atoms with E-state index in [9.17, 15) is 9.90 Å². The van der Waals surface area contributed by atoms with Gasteiger partial charge in [-0.3, -0.25) is 0 Å². The molecule has 1 aromatic heterocycles. The average Bonchev–Trinajstić information content (AvgIpc) is 3.10. The van der Waals surface area contributed by atoms with E-state index in [0.717, 1.165) is 10.6 Å². The Bertz CT molecular complexity index is 845. The van der Waals surface area contributed by atoms with Crippen molar-refractivity contribution in [3.8, 4) is 22.1 Å². The predicted octanol–water partition coefficient (Wildman–Crippen LogP) is 3.88. The lowest BCUT2D eigenvalue weighted by Crippen LogP contribution is -2.06. The smallest absolute Gasteiger partial charge is 0.342 e. The first-order chi connectivity index (χ1) is 11.7. The van der Waals surface area contributed by atoms with Gasteiger partial charge in [0.15, 0.2) is 0 Å². The highest BCUT2D eigenvalue weighted by Gasteiger charge is 2.15. The molecule has 6 heteroatoms. The van der Waals surface area contributed by atoms with Crippen molar-refractivity contribution in [3.63, 3.8) is 0 Å². The van der Waals surface area contributed by atoms with Crippen molar-refractivity contribution in [1.82, 2.24) is 4.98 Å². The summed E-state index contributed by atoms with van der Waals surface area (Å²) in [5.74, 6) is -0.301. The molecule has 5 nitrogen and oxygen atoms in total. The van der Waals surface area contributed by atoms with Crippen molar-refractivity contribution in [2.75, 3.05) is 7.11 Å². The van der Waals surface area contributed by atoms with Gasteiger partial charge in [-0.1, -0.05) is 30.3 Å². The molecule has 24 heavy (non-hydrogen) atoms. The zero-order chi connectivity index (χ0) is 16.9. The maximum Gasteiger partial charge on any atom is 0.342 e. The SMILES string of the molecule is COc1ccc(O)c(C(=O)OCc2csc(-c3ccccc3)n2)c1. The van der Waals surface area contributed by atoms with Crippen molar-refractivity contribution in [3.05, 3.63) is 65.2 Å². The van der Waals surface area contributed by atoms with Crippen LogP contribution in [0.15, 0.2) is 53.9 Å². The van der Waals surface area contributed by atoms with Crippen LogP contribution in [0.5, 0.6) is 11.5 Å². The lowest BCUT2D eigenvalue weighted by atomic mass is 10.2. The third-order valence-corrected chi connectivity index (χ3v) is 4.29. The Hall–Kier alpha value is -2.86. The summed E-state index contributed by atoms with van der Waals surface area (Å²) in [6.45, 7) is 0.0405. The van der Waals surface area contributed by atoms with Gasteiger partial charge in [0.1, 0.15) is 28.7 Å². The molecule has 0 spiro atoms. The van der Waals surface area contributed by atoms with E-state index in [0.29, 0.717) is 11.4 Å². The maximum absolute atomic E-state index is 12.1. The van der Waals surface area contributed by atoms with Gasteiger partial charge < -0.3 is 14.6 Å². The number of aromatic hydroxyl groups is 1. The van der Waals surface area contributed by atoms with E-state index in [-0.39, 0.29) is 17.9 Å². The largest absolute Gasteiger partial charge is 0.507 e. The molecular formula is C18H15NO4S. The summed E-state index contributed by atoms with van der Waals surface area (Å²) in [5, 5.41) is 12.5. The van der Waals surface area contributed by atoms with Gasteiger partial charge in [0.2, 0.25) is 0 Å². The van der Waals surface area contributed by atoms with Gasteiger partial charge in [0, 0.05) is 10.9 Å². The highest BCUT2D eigenvalue weighted by atomic mass is 32.1. The molecule has 122 valence electrons. The molecule has 0 aliphatic carbocycles. The van der Waals surface area contributed by atoms with Gasteiger partial charge in [-0.2, -0.15) is 0 Å². The fourth-order valence-electron chi connectivity index (χ4n) is 2.11. The standard InChI is InChI=1S/C18H15NO4S/c1-22-14-7-8-16(20)15(9-14)18(21)23-10-13-11-24-17(19-13)12-5-3-2-4-6-12/h2-9,11,20H,10H2,1H3. The van der Waals surface area contributed by atoms with Gasteiger partial charge >= 0.3 is 5.97 Å². The number of ether oxygens (including phenoxy) is 2. The normalized spacial score (nSPS) is 10.4. The van der Waals surface area contributed by atoms with Crippen LogP contribution < -0.4 is 4.74 Å². The monoisotopic (exact) mass is 341 g/mol. The first-order valence-corrected chi connectivity index (χ1v) is 8.09. The fraction of sp³-hybridized carbons (Fsp3) is 0.111. The number of esters is 1. The van der Waals surface area contributed by atoms with E-state index in [1.54, 1.807) is 6.07 Å². The zero-order valence-electron chi connectivity index (χ0n) is 12.9. The molecule has 3 rings (SSSR count). The number of aromatic nitrogens is 1. The second kappa shape index (κ2) is 7.14. The third-order valence-electron chi connectivity index (χ3n) is 3.35. The van der Waals surface area contributed by atoms with Crippen LogP contribution in [-0.4, -0.2) is 23.2 Å². The summed E-state index contributed by atoms with van der Waals surface area (Å²) in [4.78, 5) is 16.6. The van der Waals surface area contributed by atoms with Crippen molar-refractivity contribution >= 4 is 17.3 Å². The van der Waals surface area contributed by atoms with Gasteiger partial charge in [-0.15, -0.1) is 11.3 Å². The van der Waals surface area contributed by atoms with Crippen molar-refractivity contribution in [1.29, 1.82) is 0 Å². The minimum Gasteiger partial charge on any atom is -0.507 e. The minimum absolute atomic E-state index is 0.0405. The molecule has 0 aliphatic heterocycles. The molecule has 1 heterocycles. The van der Waals surface area contributed by atoms with Crippen LogP contribution in [0.25, 0.3) is 10.6 Å². The number of carbonyl (C=O) groups is 1. The molecule has 0 unspecified atom stereocenters. The Morgan fingerprint density at radius 3 is 2.75 bits per heavy atom. The summed E-state index contributed by atoms with van der Waals surface area (Å²) < 4.78 is 10.3. The number of hydrogen-bond donors (Lipinski definition) is 1. The first kappa shape index (κ1) is 16.0. The average molecular weight is 341 g/mol. The highest BCUT2D eigenvalue weighted by Crippen LogP contribution is 2.25. The summed E-state index contributed by atoms with van der Waals surface area (Å²) in [7, 11) is 1.49. The van der Waals surface area contributed by atoms with Crippen molar-refractivity contribution in [2.45, 2.75) is 6.61 Å². The van der Waals surface area contributed by atoms with Gasteiger partial charge in [0.25, 0.3) is 0 Å². The van der Waals surface area contributed by atoms with Gasteiger partial charge in [0.05, 0.1) is 12.8 Å². The number of phenols is 1. The van der Waals surface area contributed by atoms with Gasteiger partial charge in [-0.25, -0.2) is 9.78 Å². The Kier molecular flexibility index (Phi) is 4.77. The summed E-state index contributed by atoms with van der Waals surface area (Å²) in [6.07, 6.45) is 0. The second-order valence-corrected chi connectivity index (χ2v) is 5.83. The van der Waals surface area contributed by atoms with Crippen LogP contribution in [0.2, 0.25) is 0 Å². The van der Waals surface area contributed by atoms with Crippen molar-refractivity contribution < 1.29 is 19.4 Å². The first-order valence-electron chi connectivity index (χ1n) is 7.21. The third kappa shape index (κ3) is 3.55. The molecule has 0 bridgehead atoms. The molecule has 0 amide bonds. The second-order valence-electron chi connectivity index (χ2n) is 4.97. The maximum atomic E-state index is 12.1. The molecule has 0 aliphatic rings. The van der Waals surface area contributed by atoms with Gasteiger partial charge in [-0.05, 0) is 18.2 Å². The summed E-state index contributed by atoms with van der Waals surface area (Å²) in [6, 6.07) is 14.2. The minimum atomic E-state index is -0.624. The van der Waals surface area contributed by atoms with E-state index in [2.05, 4.69) is 4.98 Å². The van der Waals surface area contributed by atoms with Crippen LogP contribution in [0.1, 0.15) is 16.1 Å². The molecule has 0 saturated heterocycles. The lowest BCUT2D eigenvalue weighted by Gasteiger charge is -2.07. The summed E-state index contributed by atoms with van der Waals surface area (Å²) >= 11 is 1.49. The van der Waals surface area contributed by atoms with Crippen LogP contribution in [0.3, 0.4) is 0 Å². The van der Waals surface area contributed by atoms with Crippen LogP contribution >= 0.6 is 11.3 Å². The molecule has 3 aromatic rings. The Morgan fingerprint density at radius 1 is 1.21 bits per heavy atom. The highest BCUT2D eigenvalue weighted by molar-refractivity contribution is 7.13. The number of carbonyl (C=O) groups excluding carboxylic acids is 1. The van der Waals surface area contributed by atoms with E-state index in [4.69, 9.17) is 9.47 Å². The Morgan fingerprint density at radius 2 is 2.00 bits per heavy atom. The van der Waals surface area contributed by atoms with Crippen LogP contribution in [0, 0.1) is 0 Å². The van der Waals surface area contributed by atoms with E-state index in [1.807, 2.05) is 35.7 Å². The van der Waals surface area contributed by atoms with Crippen LogP contribution in [-0.2, 0) is 11.3 Å². The van der Waals surface area contributed by atoms with Crippen LogP contribution in [0.4, 0.5) is 0 Å². The van der Waals surface area contributed by atoms with E-state index in [1.165, 1.54) is 30.6 Å². The quantitative estimate of drug-likeness (QED) is 0.713. The lowest BCUT2D eigenvalue weighted by molar-refractivity contribution is 0.0465. The molecule has 0 radical (unpaired) electrons. The number of benzene rings is 2. The molecule has 2 aromatic carbocycles. The molecule has 0 atom stereocenters. The zero-order valence-corrected chi connectivity index (χ0v) is 13.7. The predicted molar refractivity (Wildman–Crippen MR) is 91.3 cm³/mol. The molecule has 1 N–H and O–H groups in total. The van der Waals surface area contributed by atoms with E-state index < -0.39 is 5.97 Å². The molecular weight excluding hydrogens is 326 g/mol. The Labute approximate surface area is 143 Å². The Balaban J connectivity index is 1.68. The number of hydrogen-bond acceptors (Lipinski definition) is 6.